The van der Waals surface area contributed by atoms with E-state index in [0.29, 0.717) is 10.2 Å². The van der Waals surface area contributed by atoms with Gasteiger partial charge in [-0.25, -0.2) is 0 Å². The van der Waals surface area contributed by atoms with Crippen LogP contribution in [0.2, 0.25) is 0 Å². The van der Waals surface area contributed by atoms with Crippen molar-refractivity contribution >= 4 is 27.3 Å². The van der Waals surface area contributed by atoms with Crippen molar-refractivity contribution in [2.24, 2.45) is 11.3 Å². The molecule has 0 bridgehead atoms. The van der Waals surface area contributed by atoms with Crippen LogP contribution in [0.5, 0.6) is 0 Å². The summed E-state index contributed by atoms with van der Waals surface area (Å²) < 4.78 is 0. The predicted molar refractivity (Wildman–Crippen MR) is 67.3 cm³/mol. The molecule has 1 aliphatic carbocycles. The van der Waals surface area contributed by atoms with E-state index >= 15 is 0 Å². The maximum absolute atomic E-state index is 3.84. The Balaban J connectivity index is 2.08. The second-order valence-corrected chi connectivity index (χ2v) is 7.05. The lowest BCUT2D eigenvalue weighted by Crippen LogP contribution is -1.96. The van der Waals surface area contributed by atoms with Gasteiger partial charge >= 0.3 is 0 Å². The summed E-state index contributed by atoms with van der Waals surface area (Å²) in [4.78, 5) is 3.60. The molecule has 2 unspecified atom stereocenters. The summed E-state index contributed by atoms with van der Waals surface area (Å²) in [6.45, 7) is 6.94. The van der Waals surface area contributed by atoms with Crippen molar-refractivity contribution in [2.45, 2.75) is 38.4 Å². The molecule has 0 aliphatic heterocycles. The van der Waals surface area contributed by atoms with E-state index in [9.17, 15) is 0 Å². The van der Waals surface area contributed by atoms with Crippen molar-refractivity contribution in [3.8, 4) is 0 Å². The third-order valence-electron chi connectivity index (χ3n) is 3.25. The Morgan fingerprint density at radius 2 is 2.21 bits per heavy atom. The molecular weight excluding hydrogens is 256 g/mol. The molecule has 0 saturated heterocycles. The fraction of sp³-hybridized carbons (Fsp3) is 0.667. The van der Waals surface area contributed by atoms with Crippen molar-refractivity contribution in [1.82, 2.24) is 0 Å². The molecule has 0 spiro atoms. The van der Waals surface area contributed by atoms with Gasteiger partial charge in [-0.15, -0.1) is 11.3 Å². The van der Waals surface area contributed by atoms with Gasteiger partial charge in [0, 0.05) is 9.75 Å². The highest BCUT2D eigenvalue weighted by Gasteiger charge is 2.49. The summed E-state index contributed by atoms with van der Waals surface area (Å²) in [7, 11) is 0. The van der Waals surface area contributed by atoms with E-state index in [1.165, 1.54) is 22.6 Å². The Bertz CT molecular complexity index is 327. The second kappa shape index (κ2) is 3.64. The largest absolute Gasteiger partial charge is 0.144 e. The van der Waals surface area contributed by atoms with Gasteiger partial charge < -0.3 is 0 Å². The van der Waals surface area contributed by atoms with E-state index < -0.39 is 0 Å². The van der Waals surface area contributed by atoms with Gasteiger partial charge in [0.1, 0.15) is 0 Å². The average Bonchev–Trinajstić information content (AvgIpc) is 2.64. The summed E-state index contributed by atoms with van der Waals surface area (Å²) in [6.07, 6.45) is 2.53. The highest BCUT2D eigenvalue weighted by molar-refractivity contribution is 9.09. The molecule has 1 aliphatic rings. The Morgan fingerprint density at radius 1 is 1.57 bits per heavy atom. The number of hydrogen-bond donors (Lipinski definition) is 0. The molecule has 1 aromatic heterocycles. The topological polar surface area (TPSA) is 0 Å². The summed E-state index contributed by atoms with van der Waals surface area (Å²) in [5.74, 6) is 0.839. The molecule has 14 heavy (non-hydrogen) atoms. The first-order chi connectivity index (χ1) is 6.54. The minimum Gasteiger partial charge on any atom is -0.144 e. The first-order valence-corrected chi connectivity index (χ1v) is 7.00. The van der Waals surface area contributed by atoms with Crippen molar-refractivity contribution < 1.29 is 0 Å². The first-order valence-electron chi connectivity index (χ1n) is 5.27. The third-order valence-corrected chi connectivity index (χ3v) is 5.99. The van der Waals surface area contributed by atoms with Gasteiger partial charge in [0.2, 0.25) is 0 Å². The molecule has 2 atom stereocenters. The molecule has 0 N–H and O–H groups in total. The SMILES string of the molecule is CCc1ccc(C(Br)C2CC2(C)C)s1. The standard InChI is InChI=1S/C12H17BrS/c1-4-8-5-6-10(14-8)11(13)9-7-12(9,2)3/h5-6,9,11H,4,7H2,1-3H3. The number of alkyl halides is 1. The van der Waals surface area contributed by atoms with Crippen molar-refractivity contribution in [3.05, 3.63) is 21.9 Å². The molecule has 78 valence electrons. The van der Waals surface area contributed by atoms with Crippen LogP contribution in [0.15, 0.2) is 12.1 Å². The van der Waals surface area contributed by atoms with Gasteiger partial charge in [0.25, 0.3) is 0 Å². The van der Waals surface area contributed by atoms with E-state index in [0.717, 1.165) is 5.92 Å². The van der Waals surface area contributed by atoms with E-state index in [-0.39, 0.29) is 0 Å². The number of rotatable bonds is 3. The predicted octanol–water partition coefficient (Wildman–Crippen LogP) is 4.79. The van der Waals surface area contributed by atoms with Crippen LogP contribution in [-0.2, 0) is 6.42 Å². The summed E-state index contributed by atoms with van der Waals surface area (Å²) in [5, 5.41) is 0. The molecule has 0 aromatic carbocycles. The highest BCUT2D eigenvalue weighted by Crippen LogP contribution is 2.61. The van der Waals surface area contributed by atoms with E-state index in [2.05, 4.69) is 48.8 Å². The van der Waals surface area contributed by atoms with Crippen LogP contribution < -0.4 is 0 Å². The number of hydrogen-bond acceptors (Lipinski definition) is 1. The zero-order chi connectivity index (χ0) is 10.3. The minimum absolute atomic E-state index is 0.560. The molecule has 0 radical (unpaired) electrons. The first kappa shape index (κ1) is 10.7. The van der Waals surface area contributed by atoms with Gasteiger partial charge in [-0.2, -0.15) is 0 Å². The second-order valence-electron chi connectivity index (χ2n) is 4.86. The van der Waals surface area contributed by atoms with Gasteiger partial charge in [-0.05, 0) is 36.3 Å². The smallest absolute Gasteiger partial charge is 0.0522 e. The van der Waals surface area contributed by atoms with Gasteiger partial charge in [-0.3, -0.25) is 0 Å². The lowest BCUT2D eigenvalue weighted by atomic mass is 10.1. The summed E-state index contributed by atoms with van der Waals surface area (Å²) >= 11 is 5.80. The van der Waals surface area contributed by atoms with Crippen LogP contribution >= 0.6 is 27.3 Å². The van der Waals surface area contributed by atoms with Gasteiger partial charge in [-0.1, -0.05) is 36.7 Å². The number of halogens is 1. The van der Waals surface area contributed by atoms with Crippen molar-refractivity contribution in [2.75, 3.05) is 0 Å². The maximum atomic E-state index is 3.84. The van der Waals surface area contributed by atoms with E-state index in [4.69, 9.17) is 0 Å². The molecule has 2 rings (SSSR count). The van der Waals surface area contributed by atoms with Crippen LogP contribution in [-0.4, -0.2) is 0 Å². The molecule has 0 amide bonds. The normalized spacial score (nSPS) is 26.1. The fourth-order valence-electron chi connectivity index (χ4n) is 1.94. The molecule has 1 heterocycles. The summed E-state index contributed by atoms with van der Waals surface area (Å²) in [6, 6.07) is 4.56. The molecule has 1 fully saturated rings. The lowest BCUT2D eigenvalue weighted by molar-refractivity contribution is 0.557. The van der Waals surface area contributed by atoms with Crippen molar-refractivity contribution in [3.63, 3.8) is 0 Å². The lowest BCUT2D eigenvalue weighted by Gasteiger charge is -2.09. The van der Waals surface area contributed by atoms with E-state index in [1.807, 2.05) is 11.3 Å². The van der Waals surface area contributed by atoms with Crippen LogP contribution in [0.1, 0.15) is 41.8 Å². The Labute approximate surface area is 98.9 Å². The third kappa shape index (κ3) is 1.92. The van der Waals surface area contributed by atoms with Gasteiger partial charge in [0.15, 0.2) is 0 Å². The Kier molecular flexibility index (Phi) is 2.78. The fourth-order valence-corrected chi connectivity index (χ4v) is 4.27. The average molecular weight is 273 g/mol. The summed E-state index contributed by atoms with van der Waals surface area (Å²) in [5.41, 5.74) is 0.560. The van der Waals surface area contributed by atoms with Crippen molar-refractivity contribution in [1.29, 1.82) is 0 Å². The Morgan fingerprint density at radius 3 is 2.64 bits per heavy atom. The van der Waals surface area contributed by atoms with Crippen LogP contribution in [0, 0.1) is 11.3 Å². The quantitative estimate of drug-likeness (QED) is 0.694. The van der Waals surface area contributed by atoms with E-state index in [1.54, 1.807) is 0 Å². The van der Waals surface area contributed by atoms with Crippen LogP contribution in [0.25, 0.3) is 0 Å². The van der Waals surface area contributed by atoms with Crippen LogP contribution in [0.4, 0.5) is 0 Å². The molecular formula is C12H17BrS. The maximum Gasteiger partial charge on any atom is 0.0522 e. The molecule has 0 nitrogen and oxygen atoms in total. The molecule has 2 heteroatoms. The molecule has 1 saturated carbocycles. The minimum atomic E-state index is 0.560. The highest BCUT2D eigenvalue weighted by atomic mass is 79.9. The molecule has 1 aromatic rings. The monoisotopic (exact) mass is 272 g/mol. The zero-order valence-corrected chi connectivity index (χ0v) is 11.4. The Hall–Kier alpha value is 0.180. The van der Waals surface area contributed by atoms with Crippen LogP contribution in [0.3, 0.4) is 0 Å². The zero-order valence-electron chi connectivity index (χ0n) is 9.01. The number of thiophene rings is 1. The number of aryl methyl sites for hydroxylation is 1. The van der Waals surface area contributed by atoms with Gasteiger partial charge in [0.05, 0.1) is 4.83 Å².